The molecule has 1 atom stereocenters. The fourth-order valence-electron chi connectivity index (χ4n) is 1.42. The van der Waals surface area contributed by atoms with E-state index < -0.39 is 0 Å². The average molecular weight is 232 g/mol. The summed E-state index contributed by atoms with van der Waals surface area (Å²) in [6, 6.07) is 0.475. The summed E-state index contributed by atoms with van der Waals surface area (Å²) in [7, 11) is 4.05. The molecular weight excluding hydrogens is 204 g/mol. The first-order valence-corrected chi connectivity index (χ1v) is 6.12. The van der Waals surface area contributed by atoms with Crippen molar-refractivity contribution < 1.29 is 9.84 Å². The summed E-state index contributed by atoms with van der Waals surface area (Å²) in [4.78, 5) is 4.26. The van der Waals surface area contributed by atoms with E-state index in [-0.39, 0.29) is 6.10 Å². The fourth-order valence-corrected chi connectivity index (χ4v) is 1.42. The monoisotopic (exact) mass is 232 g/mol. The van der Waals surface area contributed by atoms with E-state index in [9.17, 15) is 5.11 Å². The number of nitrogens with zero attached hydrogens (tertiary/aromatic N) is 2. The lowest BCUT2D eigenvalue weighted by atomic mass is 10.2. The molecule has 98 valence electrons. The van der Waals surface area contributed by atoms with Gasteiger partial charge in [-0.25, -0.2) is 0 Å². The zero-order valence-electron chi connectivity index (χ0n) is 11.4. The molecule has 0 spiro atoms. The van der Waals surface area contributed by atoms with Gasteiger partial charge in [0.15, 0.2) is 0 Å². The summed E-state index contributed by atoms with van der Waals surface area (Å²) in [5, 5.41) is 9.87. The van der Waals surface area contributed by atoms with Crippen LogP contribution >= 0.6 is 0 Å². The van der Waals surface area contributed by atoms with Crippen molar-refractivity contribution in [2.45, 2.75) is 32.9 Å². The lowest BCUT2D eigenvalue weighted by Crippen LogP contribution is -2.40. The van der Waals surface area contributed by atoms with Gasteiger partial charge in [-0.1, -0.05) is 0 Å². The molecule has 0 fully saturated rings. The summed E-state index contributed by atoms with van der Waals surface area (Å²) in [5.74, 6) is 0. The second kappa shape index (κ2) is 8.93. The van der Waals surface area contributed by atoms with Crippen molar-refractivity contribution in [3.63, 3.8) is 0 Å². The fraction of sp³-hybridized carbons (Fsp3) is 1.00. The minimum absolute atomic E-state index is 0.293. The van der Waals surface area contributed by atoms with Gasteiger partial charge in [0, 0.05) is 32.3 Å². The number of aliphatic hydroxyl groups excluding tert-OH is 1. The van der Waals surface area contributed by atoms with Gasteiger partial charge in [0.1, 0.15) is 0 Å². The van der Waals surface area contributed by atoms with Crippen LogP contribution in [0.15, 0.2) is 0 Å². The molecule has 0 bridgehead atoms. The normalized spacial score (nSPS) is 14.1. The maximum atomic E-state index is 9.87. The average Bonchev–Trinajstić information content (AvgIpc) is 2.17. The van der Waals surface area contributed by atoms with Crippen LogP contribution in [0, 0.1) is 0 Å². The Labute approximate surface area is 100 Å². The van der Waals surface area contributed by atoms with Gasteiger partial charge in [-0.2, -0.15) is 0 Å². The Kier molecular flexibility index (Phi) is 8.84. The van der Waals surface area contributed by atoms with E-state index in [1.54, 1.807) is 0 Å². The second-order valence-electron chi connectivity index (χ2n) is 4.65. The molecule has 0 aromatic heterocycles. The maximum Gasteiger partial charge on any atom is 0.0793 e. The van der Waals surface area contributed by atoms with E-state index in [1.165, 1.54) is 0 Å². The first-order valence-electron chi connectivity index (χ1n) is 6.12. The van der Waals surface area contributed by atoms with Gasteiger partial charge in [0.2, 0.25) is 0 Å². The van der Waals surface area contributed by atoms with Gasteiger partial charge in [0.05, 0.1) is 12.7 Å². The Balaban J connectivity index is 3.64. The molecule has 1 unspecified atom stereocenters. The molecule has 4 heteroatoms. The Bertz CT molecular complexity index is 165. The molecule has 0 radical (unpaired) electrons. The standard InChI is InChI=1S/C12H28N2O2/c1-6-16-8-7-13(4)9-12(15)10-14(5)11(2)3/h11-12,15H,6-10H2,1-5H3. The highest BCUT2D eigenvalue weighted by Gasteiger charge is 2.12. The van der Waals surface area contributed by atoms with Gasteiger partial charge in [-0.05, 0) is 34.9 Å². The number of hydrogen-bond acceptors (Lipinski definition) is 4. The first-order chi connectivity index (χ1) is 7.47. The van der Waals surface area contributed by atoms with E-state index >= 15 is 0 Å². The van der Waals surface area contributed by atoms with Gasteiger partial charge in [-0.15, -0.1) is 0 Å². The van der Waals surface area contributed by atoms with Gasteiger partial charge in [-0.3, -0.25) is 0 Å². The largest absolute Gasteiger partial charge is 0.390 e. The zero-order chi connectivity index (χ0) is 12.6. The third-order valence-electron chi connectivity index (χ3n) is 2.72. The van der Waals surface area contributed by atoms with Gasteiger partial charge < -0.3 is 19.6 Å². The van der Waals surface area contributed by atoms with E-state index in [0.29, 0.717) is 12.6 Å². The molecule has 0 heterocycles. The quantitative estimate of drug-likeness (QED) is 0.592. The number of aliphatic hydroxyl groups is 1. The van der Waals surface area contributed by atoms with Crippen LogP contribution in [0.25, 0.3) is 0 Å². The third-order valence-corrected chi connectivity index (χ3v) is 2.72. The van der Waals surface area contributed by atoms with Crippen molar-refractivity contribution >= 4 is 0 Å². The van der Waals surface area contributed by atoms with Gasteiger partial charge in [0.25, 0.3) is 0 Å². The molecule has 0 rings (SSSR count). The van der Waals surface area contributed by atoms with Crippen molar-refractivity contribution in [1.82, 2.24) is 9.80 Å². The van der Waals surface area contributed by atoms with Crippen molar-refractivity contribution in [1.29, 1.82) is 0 Å². The Hall–Kier alpha value is -0.160. The Morgan fingerprint density at radius 3 is 2.31 bits per heavy atom. The molecule has 0 aliphatic heterocycles. The van der Waals surface area contributed by atoms with Crippen LogP contribution in [0.3, 0.4) is 0 Å². The topological polar surface area (TPSA) is 35.9 Å². The highest BCUT2D eigenvalue weighted by Crippen LogP contribution is 1.97. The molecule has 0 aliphatic carbocycles. The minimum Gasteiger partial charge on any atom is -0.390 e. The van der Waals surface area contributed by atoms with E-state index in [0.717, 1.165) is 26.3 Å². The summed E-state index contributed by atoms with van der Waals surface area (Å²) in [5.41, 5.74) is 0. The summed E-state index contributed by atoms with van der Waals surface area (Å²) in [6.07, 6.45) is -0.293. The molecular formula is C12H28N2O2. The smallest absolute Gasteiger partial charge is 0.0793 e. The zero-order valence-corrected chi connectivity index (χ0v) is 11.4. The van der Waals surface area contributed by atoms with Crippen LogP contribution in [0.1, 0.15) is 20.8 Å². The molecule has 0 aromatic carbocycles. The van der Waals surface area contributed by atoms with Crippen LogP contribution in [0.2, 0.25) is 0 Å². The third kappa shape index (κ3) is 8.05. The summed E-state index contributed by atoms with van der Waals surface area (Å²) < 4.78 is 5.27. The molecule has 0 amide bonds. The predicted molar refractivity (Wildman–Crippen MR) is 67.8 cm³/mol. The number of ether oxygens (including phenoxy) is 1. The summed E-state index contributed by atoms with van der Waals surface area (Å²) >= 11 is 0. The van der Waals surface area contributed by atoms with Crippen LogP contribution in [0.5, 0.6) is 0 Å². The number of hydrogen-bond donors (Lipinski definition) is 1. The minimum atomic E-state index is -0.293. The SMILES string of the molecule is CCOCCN(C)CC(O)CN(C)C(C)C. The van der Waals surface area contributed by atoms with Crippen molar-refractivity contribution in [3.8, 4) is 0 Å². The van der Waals surface area contributed by atoms with Crippen LogP contribution in [0.4, 0.5) is 0 Å². The van der Waals surface area contributed by atoms with Crippen LogP contribution in [-0.2, 0) is 4.74 Å². The van der Waals surface area contributed by atoms with Crippen LogP contribution < -0.4 is 0 Å². The number of likely N-dealkylation sites (N-methyl/N-ethyl adjacent to an activating group) is 2. The Morgan fingerprint density at radius 2 is 1.81 bits per heavy atom. The van der Waals surface area contributed by atoms with Gasteiger partial charge >= 0.3 is 0 Å². The van der Waals surface area contributed by atoms with Crippen molar-refractivity contribution in [3.05, 3.63) is 0 Å². The maximum absolute atomic E-state index is 9.87. The van der Waals surface area contributed by atoms with E-state index in [1.807, 2.05) is 21.0 Å². The lowest BCUT2D eigenvalue weighted by Gasteiger charge is -2.26. The molecule has 0 saturated heterocycles. The predicted octanol–water partition coefficient (Wildman–Crippen LogP) is 0.656. The molecule has 1 N–H and O–H groups in total. The van der Waals surface area contributed by atoms with Crippen LogP contribution in [-0.4, -0.2) is 74.0 Å². The highest BCUT2D eigenvalue weighted by molar-refractivity contribution is 4.67. The highest BCUT2D eigenvalue weighted by atomic mass is 16.5. The molecule has 0 aliphatic rings. The summed E-state index contributed by atoms with van der Waals surface area (Å²) in [6.45, 7) is 10.0. The van der Waals surface area contributed by atoms with Crippen molar-refractivity contribution in [2.24, 2.45) is 0 Å². The van der Waals surface area contributed by atoms with E-state index in [2.05, 4.69) is 23.6 Å². The molecule has 0 aromatic rings. The molecule has 4 nitrogen and oxygen atoms in total. The Morgan fingerprint density at radius 1 is 1.19 bits per heavy atom. The molecule has 16 heavy (non-hydrogen) atoms. The second-order valence-corrected chi connectivity index (χ2v) is 4.65. The number of rotatable bonds is 9. The van der Waals surface area contributed by atoms with Crippen molar-refractivity contribution in [2.75, 3.05) is 46.9 Å². The first kappa shape index (κ1) is 15.8. The van der Waals surface area contributed by atoms with E-state index in [4.69, 9.17) is 4.74 Å². The molecule has 0 saturated carbocycles. The lowest BCUT2D eigenvalue weighted by molar-refractivity contribution is 0.0654.